The molecule has 1 aromatic heterocycles. The van der Waals surface area contributed by atoms with E-state index in [-0.39, 0.29) is 18.0 Å². The van der Waals surface area contributed by atoms with Crippen LogP contribution in [0.15, 0.2) is 24.4 Å². The molecule has 0 unspecified atom stereocenters. The fourth-order valence-electron chi connectivity index (χ4n) is 2.62. The number of nitrogens with two attached hydrogens (primary N) is 1. The molecule has 0 saturated carbocycles. The quantitative estimate of drug-likeness (QED) is 0.700. The first-order valence-corrected chi connectivity index (χ1v) is 7.76. The van der Waals surface area contributed by atoms with E-state index in [2.05, 4.69) is 5.10 Å². The number of carbonyl (C=O) groups excluding carboxylic acids is 1. The molecule has 9 heteroatoms. The van der Waals surface area contributed by atoms with Crippen LogP contribution in [0.3, 0.4) is 0 Å². The fourth-order valence-corrected chi connectivity index (χ4v) is 3.23. The molecule has 0 saturated heterocycles. The average Bonchev–Trinajstić information content (AvgIpc) is 2.84. The number of benzene rings is 1. The summed E-state index contributed by atoms with van der Waals surface area (Å²) in [5.41, 5.74) is 6.09. The fraction of sp³-hybridized carbons (Fsp3) is 0.286. The lowest BCUT2D eigenvalue weighted by molar-refractivity contribution is -0.138. The summed E-state index contributed by atoms with van der Waals surface area (Å²) in [5, 5.41) is 4.07. The third-order valence-corrected chi connectivity index (χ3v) is 4.50. The summed E-state index contributed by atoms with van der Waals surface area (Å²) in [5.74, 6) is -0.326. The Kier molecular flexibility index (Phi) is 3.87. The molecule has 3 rings (SSSR count). The topological polar surface area (TPSA) is 64.2 Å². The molecule has 1 atom stereocenters. The summed E-state index contributed by atoms with van der Waals surface area (Å²) in [6.45, 7) is 1.52. The normalized spacial score (nSPS) is 18.3. The highest BCUT2D eigenvalue weighted by Gasteiger charge is 2.35. The largest absolute Gasteiger partial charge is 0.416 e. The highest BCUT2D eigenvalue weighted by molar-refractivity contribution is 14.1. The SMILES string of the molecule is Cc1cc(N2C[C@H](N)n3ncc(I)c3C2=O)ccc1C(F)(F)F. The number of nitrogens with zero attached hydrogens (tertiary/aromatic N) is 3. The highest BCUT2D eigenvalue weighted by Crippen LogP contribution is 2.35. The van der Waals surface area contributed by atoms with Gasteiger partial charge in [-0.1, -0.05) is 0 Å². The summed E-state index contributed by atoms with van der Waals surface area (Å²) in [6, 6.07) is 3.63. The molecule has 1 aromatic carbocycles. The molecule has 0 bridgehead atoms. The molecule has 0 spiro atoms. The lowest BCUT2D eigenvalue weighted by atomic mass is 10.1. The molecule has 5 nitrogen and oxygen atoms in total. The predicted octanol–water partition coefficient (Wildman–Crippen LogP) is 2.93. The smallest absolute Gasteiger partial charge is 0.308 e. The zero-order valence-corrected chi connectivity index (χ0v) is 14.1. The molecular weight excluding hydrogens is 424 g/mol. The molecule has 1 amide bonds. The number of anilines is 1. The third-order valence-electron chi connectivity index (χ3n) is 3.71. The maximum absolute atomic E-state index is 12.9. The van der Waals surface area contributed by atoms with Crippen LogP contribution in [0.2, 0.25) is 0 Å². The summed E-state index contributed by atoms with van der Waals surface area (Å²) in [6.07, 6.45) is -3.43. The molecule has 0 aliphatic carbocycles. The molecule has 1 aliphatic rings. The number of rotatable bonds is 1. The van der Waals surface area contributed by atoms with Gasteiger partial charge in [-0.3, -0.25) is 4.79 Å². The van der Waals surface area contributed by atoms with Crippen LogP contribution in [0.1, 0.15) is 27.8 Å². The Hall–Kier alpha value is -1.62. The number of hydrogen-bond donors (Lipinski definition) is 1. The first kappa shape index (κ1) is 16.2. The minimum absolute atomic E-state index is 0.0603. The van der Waals surface area contributed by atoms with Gasteiger partial charge >= 0.3 is 6.18 Å². The van der Waals surface area contributed by atoms with E-state index in [1.807, 2.05) is 22.6 Å². The first-order chi connectivity index (χ1) is 10.7. The molecule has 122 valence electrons. The van der Waals surface area contributed by atoms with E-state index >= 15 is 0 Å². The number of carbonyl (C=O) groups is 1. The van der Waals surface area contributed by atoms with Gasteiger partial charge in [0.2, 0.25) is 0 Å². The highest BCUT2D eigenvalue weighted by atomic mass is 127. The number of fused-ring (bicyclic) bond motifs is 1. The molecule has 0 radical (unpaired) electrons. The number of halogens is 4. The van der Waals surface area contributed by atoms with Gasteiger partial charge in [-0.2, -0.15) is 18.3 Å². The van der Waals surface area contributed by atoms with Gasteiger partial charge in [-0.25, -0.2) is 4.68 Å². The monoisotopic (exact) mass is 436 g/mol. The van der Waals surface area contributed by atoms with Gasteiger partial charge in [-0.05, 0) is 53.3 Å². The summed E-state index contributed by atoms with van der Waals surface area (Å²) < 4.78 is 40.7. The lowest BCUT2D eigenvalue weighted by Crippen LogP contribution is -2.46. The third kappa shape index (κ3) is 2.71. The van der Waals surface area contributed by atoms with Crippen molar-refractivity contribution in [2.24, 2.45) is 5.73 Å². The molecule has 0 fully saturated rings. The number of aromatic nitrogens is 2. The van der Waals surface area contributed by atoms with Crippen molar-refractivity contribution in [3.63, 3.8) is 0 Å². The Labute approximate surface area is 143 Å². The van der Waals surface area contributed by atoms with Crippen molar-refractivity contribution >= 4 is 34.2 Å². The zero-order chi connectivity index (χ0) is 16.9. The summed E-state index contributed by atoms with van der Waals surface area (Å²) in [4.78, 5) is 14.0. The van der Waals surface area contributed by atoms with Gasteiger partial charge in [0.25, 0.3) is 5.91 Å². The van der Waals surface area contributed by atoms with E-state index in [4.69, 9.17) is 5.73 Å². The summed E-state index contributed by atoms with van der Waals surface area (Å²) >= 11 is 1.98. The second-order valence-electron chi connectivity index (χ2n) is 5.27. The van der Waals surface area contributed by atoms with E-state index in [1.165, 1.54) is 34.8 Å². The van der Waals surface area contributed by atoms with Gasteiger partial charge in [0.1, 0.15) is 11.9 Å². The van der Waals surface area contributed by atoms with Crippen LogP contribution in [0, 0.1) is 10.5 Å². The van der Waals surface area contributed by atoms with Gasteiger partial charge in [0.15, 0.2) is 0 Å². The van der Waals surface area contributed by atoms with Gasteiger partial charge in [-0.15, -0.1) is 0 Å². The number of amides is 1. The van der Waals surface area contributed by atoms with Crippen molar-refractivity contribution in [1.29, 1.82) is 0 Å². The Bertz CT molecular complexity index is 787. The first-order valence-electron chi connectivity index (χ1n) is 6.68. The van der Waals surface area contributed by atoms with E-state index in [9.17, 15) is 18.0 Å². The Morgan fingerprint density at radius 2 is 2.09 bits per heavy atom. The van der Waals surface area contributed by atoms with Crippen molar-refractivity contribution < 1.29 is 18.0 Å². The van der Waals surface area contributed by atoms with Crippen LogP contribution >= 0.6 is 22.6 Å². The molecule has 2 heterocycles. The second kappa shape index (κ2) is 5.48. The second-order valence-corrected chi connectivity index (χ2v) is 6.43. The standard InChI is InChI=1S/C14H12F3IN4O/c1-7-4-8(2-3-9(7)14(15,16)17)21-6-11(19)22-12(13(21)23)10(18)5-20-22/h2-5,11H,6,19H2,1H3/t11-/m1/s1. The molecule has 23 heavy (non-hydrogen) atoms. The minimum atomic E-state index is -4.42. The predicted molar refractivity (Wildman–Crippen MR) is 86.0 cm³/mol. The minimum Gasteiger partial charge on any atom is -0.308 e. The summed E-state index contributed by atoms with van der Waals surface area (Å²) in [7, 11) is 0. The van der Waals surface area contributed by atoms with Crippen LogP contribution in [0.25, 0.3) is 0 Å². The molecular formula is C14H12F3IN4O. The number of alkyl halides is 3. The van der Waals surface area contributed by atoms with Crippen molar-refractivity contribution in [2.45, 2.75) is 19.3 Å². The van der Waals surface area contributed by atoms with Crippen molar-refractivity contribution in [3.8, 4) is 0 Å². The number of aryl methyl sites for hydroxylation is 1. The van der Waals surface area contributed by atoms with E-state index in [0.717, 1.165) is 6.07 Å². The van der Waals surface area contributed by atoms with Crippen LogP contribution in [-0.2, 0) is 6.18 Å². The van der Waals surface area contributed by atoms with E-state index < -0.39 is 17.9 Å². The van der Waals surface area contributed by atoms with Crippen LogP contribution in [-0.4, -0.2) is 22.2 Å². The lowest BCUT2D eigenvalue weighted by Gasteiger charge is -2.32. The Morgan fingerprint density at radius 1 is 1.39 bits per heavy atom. The van der Waals surface area contributed by atoms with Crippen LogP contribution in [0.4, 0.5) is 18.9 Å². The Balaban J connectivity index is 2.02. The number of hydrogen-bond acceptors (Lipinski definition) is 3. The average molecular weight is 436 g/mol. The van der Waals surface area contributed by atoms with Crippen molar-refractivity contribution in [3.05, 3.63) is 44.8 Å². The van der Waals surface area contributed by atoms with Crippen molar-refractivity contribution in [2.75, 3.05) is 11.4 Å². The van der Waals surface area contributed by atoms with E-state index in [1.54, 1.807) is 0 Å². The van der Waals surface area contributed by atoms with E-state index in [0.29, 0.717) is 15.0 Å². The van der Waals surface area contributed by atoms with Gasteiger partial charge < -0.3 is 10.6 Å². The van der Waals surface area contributed by atoms with Gasteiger partial charge in [0, 0.05) is 5.69 Å². The van der Waals surface area contributed by atoms with Crippen LogP contribution in [0.5, 0.6) is 0 Å². The Morgan fingerprint density at radius 3 is 2.70 bits per heavy atom. The molecule has 1 aliphatic heterocycles. The maximum Gasteiger partial charge on any atom is 0.416 e. The van der Waals surface area contributed by atoms with Crippen LogP contribution < -0.4 is 10.6 Å². The maximum atomic E-state index is 12.9. The van der Waals surface area contributed by atoms with Gasteiger partial charge in [0.05, 0.1) is 21.9 Å². The molecule has 2 N–H and O–H groups in total. The van der Waals surface area contributed by atoms with Crippen molar-refractivity contribution in [1.82, 2.24) is 9.78 Å². The zero-order valence-electron chi connectivity index (χ0n) is 11.9. The molecule has 2 aromatic rings.